The van der Waals surface area contributed by atoms with Crippen LogP contribution in [0.5, 0.6) is 0 Å². The van der Waals surface area contributed by atoms with Crippen LogP contribution in [0.1, 0.15) is 32.8 Å². The molecule has 1 N–H and O–H groups in total. The van der Waals surface area contributed by atoms with Gasteiger partial charge in [0.25, 0.3) is 0 Å². The van der Waals surface area contributed by atoms with Crippen molar-refractivity contribution in [2.75, 3.05) is 14.1 Å². The second-order valence-corrected chi connectivity index (χ2v) is 8.40. The maximum absolute atomic E-state index is 14.5. The highest BCUT2D eigenvalue weighted by Crippen LogP contribution is 2.30. The number of hydrogen-bond acceptors (Lipinski definition) is 3. The second-order valence-electron chi connectivity index (χ2n) is 5.55. The first kappa shape index (κ1) is 18.5. The molecule has 0 saturated heterocycles. The Labute approximate surface area is 134 Å². The first-order valence-corrected chi connectivity index (χ1v) is 8.92. The number of nitrogens with one attached hydrogen (secondary N) is 1. The zero-order valence-electron chi connectivity index (χ0n) is 13.0. The van der Waals surface area contributed by atoms with E-state index in [9.17, 15) is 12.8 Å². The van der Waals surface area contributed by atoms with E-state index in [2.05, 4.69) is 21.2 Å². The lowest BCUT2D eigenvalue weighted by Crippen LogP contribution is -2.44. The fourth-order valence-corrected chi connectivity index (χ4v) is 4.19. The molecule has 1 aromatic rings. The van der Waals surface area contributed by atoms with Crippen molar-refractivity contribution in [1.29, 1.82) is 0 Å². The van der Waals surface area contributed by atoms with E-state index in [4.69, 9.17) is 0 Å². The van der Waals surface area contributed by atoms with E-state index in [0.717, 1.165) is 0 Å². The third kappa shape index (κ3) is 3.83. The molecule has 1 aromatic carbocycles. The minimum absolute atomic E-state index is 0.259. The first-order chi connectivity index (χ1) is 9.57. The molecule has 0 aliphatic heterocycles. The van der Waals surface area contributed by atoms with Crippen molar-refractivity contribution in [3.05, 3.63) is 28.0 Å². The highest BCUT2D eigenvalue weighted by Gasteiger charge is 2.35. The van der Waals surface area contributed by atoms with E-state index in [-0.39, 0.29) is 11.4 Å². The number of halogens is 2. The molecule has 21 heavy (non-hydrogen) atoms. The van der Waals surface area contributed by atoms with Gasteiger partial charge in [-0.3, -0.25) is 0 Å². The SMILES string of the molecule is CCC(C)(C)N(C)S(=O)(=O)c1cc(Br)cc(CNC)c1F. The summed E-state index contributed by atoms with van der Waals surface area (Å²) in [7, 11) is -0.738. The Bertz CT molecular complexity index is 618. The number of nitrogens with zero attached hydrogens (tertiary/aromatic N) is 1. The lowest BCUT2D eigenvalue weighted by Gasteiger charge is -2.33. The van der Waals surface area contributed by atoms with Crippen molar-refractivity contribution in [1.82, 2.24) is 9.62 Å². The Morgan fingerprint density at radius 3 is 2.43 bits per heavy atom. The van der Waals surface area contributed by atoms with Crippen LogP contribution < -0.4 is 5.32 Å². The highest BCUT2D eigenvalue weighted by atomic mass is 79.9. The van der Waals surface area contributed by atoms with Crippen molar-refractivity contribution >= 4 is 26.0 Å². The standard InChI is InChI=1S/C14H22BrFN2O2S/c1-6-14(2,3)18(5)21(19,20)12-8-11(15)7-10(9-17-4)13(12)16/h7-8,17H,6,9H2,1-5H3. The molecule has 0 heterocycles. The molecule has 0 saturated carbocycles. The largest absolute Gasteiger partial charge is 0.316 e. The lowest BCUT2D eigenvalue weighted by atomic mass is 10.0. The van der Waals surface area contributed by atoms with E-state index < -0.39 is 21.4 Å². The molecule has 7 heteroatoms. The molecule has 0 atom stereocenters. The molecule has 0 fully saturated rings. The topological polar surface area (TPSA) is 49.4 Å². The normalized spacial score (nSPS) is 13.0. The van der Waals surface area contributed by atoms with Gasteiger partial charge in [0, 0.05) is 29.2 Å². The van der Waals surface area contributed by atoms with E-state index in [0.29, 0.717) is 16.5 Å². The van der Waals surface area contributed by atoms with Gasteiger partial charge in [-0.05, 0) is 39.4 Å². The van der Waals surface area contributed by atoms with Crippen LogP contribution in [0.25, 0.3) is 0 Å². The van der Waals surface area contributed by atoms with Gasteiger partial charge in [-0.15, -0.1) is 0 Å². The molecule has 4 nitrogen and oxygen atoms in total. The van der Waals surface area contributed by atoms with Gasteiger partial charge < -0.3 is 5.32 Å². The Kier molecular flexibility index (Phi) is 5.94. The van der Waals surface area contributed by atoms with E-state index in [1.54, 1.807) is 13.1 Å². The summed E-state index contributed by atoms with van der Waals surface area (Å²) < 4.78 is 41.7. The molecule has 0 bridgehead atoms. The average Bonchev–Trinajstić information content (AvgIpc) is 2.41. The van der Waals surface area contributed by atoms with Crippen LogP contribution in [0.4, 0.5) is 4.39 Å². The maximum Gasteiger partial charge on any atom is 0.246 e. The summed E-state index contributed by atoms with van der Waals surface area (Å²) in [4.78, 5) is -0.300. The summed E-state index contributed by atoms with van der Waals surface area (Å²) in [5.41, 5.74) is -0.273. The minimum Gasteiger partial charge on any atom is -0.316 e. The van der Waals surface area contributed by atoms with Gasteiger partial charge in [0.05, 0.1) is 0 Å². The molecular weight excluding hydrogens is 359 g/mol. The Morgan fingerprint density at radius 2 is 1.95 bits per heavy atom. The predicted octanol–water partition coefficient (Wildman–Crippen LogP) is 3.12. The van der Waals surface area contributed by atoms with Crippen molar-refractivity contribution in [2.45, 2.75) is 44.2 Å². The van der Waals surface area contributed by atoms with Crippen molar-refractivity contribution in [2.24, 2.45) is 0 Å². The van der Waals surface area contributed by atoms with Crippen molar-refractivity contribution < 1.29 is 12.8 Å². The number of benzene rings is 1. The third-order valence-electron chi connectivity index (χ3n) is 3.80. The van der Waals surface area contributed by atoms with Gasteiger partial charge >= 0.3 is 0 Å². The number of hydrogen-bond donors (Lipinski definition) is 1. The Hall–Kier alpha value is -0.500. The fourth-order valence-electron chi connectivity index (χ4n) is 1.82. The Balaban J connectivity index is 3.45. The summed E-state index contributed by atoms with van der Waals surface area (Å²) >= 11 is 3.25. The van der Waals surface area contributed by atoms with E-state index in [1.807, 2.05) is 20.8 Å². The van der Waals surface area contributed by atoms with Gasteiger partial charge in [0.15, 0.2) is 0 Å². The van der Waals surface area contributed by atoms with E-state index >= 15 is 0 Å². The summed E-state index contributed by atoms with van der Waals surface area (Å²) in [6, 6.07) is 2.89. The number of sulfonamides is 1. The monoisotopic (exact) mass is 380 g/mol. The zero-order valence-corrected chi connectivity index (χ0v) is 15.4. The predicted molar refractivity (Wildman–Crippen MR) is 86.2 cm³/mol. The van der Waals surface area contributed by atoms with E-state index in [1.165, 1.54) is 17.4 Å². The minimum atomic E-state index is -3.90. The molecule has 0 aromatic heterocycles. The summed E-state index contributed by atoms with van der Waals surface area (Å²) in [6.07, 6.45) is 0.627. The van der Waals surface area contributed by atoms with Gasteiger partial charge in [-0.2, -0.15) is 4.31 Å². The lowest BCUT2D eigenvalue weighted by molar-refractivity contribution is 0.256. The summed E-state index contributed by atoms with van der Waals surface area (Å²) in [5.74, 6) is -0.702. The smallest absolute Gasteiger partial charge is 0.246 e. The van der Waals surface area contributed by atoms with Gasteiger partial charge in [-0.25, -0.2) is 12.8 Å². The average molecular weight is 381 g/mol. The van der Waals surface area contributed by atoms with Crippen LogP contribution in [0, 0.1) is 5.82 Å². The molecule has 0 amide bonds. The quantitative estimate of drug-likeness (QED) is 0.824. The molecule has 0 spiro atoms. The molecule has 120 valence electrons. The summed E-state index contributed by atoms with van der Waals surface area (Å²) in [5, 5.41) is 2.83. The van der Waals surface area contributed by atoms with Crippen LogP contribution in [0.2, 0.25) is 0 Å². The van der Waals surface area contributed by atoms with Crippen LogP contribution in [-0.4, -0.2) is 32.4 Å². The molecule has 0 aliphatic rings. The van der Waals surface area contributed by atoms with Gasteiger partial charge in [-0.1, -0.05) is 22.9 Å². The van der Waals surface area contributed by atoms with Crippen molar-refractivity contribution in [3.8, 4) is 0 Å². The zero-order chi connectivity index (χ0) is 16.4. The molecule has 0 unspecified atom stereocenters. The van der Waals surface area contributed by atoms with Crippen molar-refractivity contribution in [3.63, 3.8) is 0 Å². The Morgan fingerprint density at radius 1 is 1.38 bits per heavy atom. The number of rotatable bonds is 6. The second kappa shape index (κ2) is 6.73. The first-order valence-electron chi connectivity index (χ1n) is 6.69. The maximum atomic E-state index is 14.5. The van der Waals surface area contributed by atoms with Crippen LogP contribution in [-0.2, 0) is 16.6 Å². The molecular formula is C14H22BrFN2O2S. The third-order valence-corrected chi connectivity index (χ3v) is 6.33. The molecule has 0 aliphatic carbocycles. The van der Waals surface area contributed by atoms with Gasteiger partial charge in [0.2, 0.25) is 10.0 Å². The highest BCUT2D eigenvalue weighted by molar-refractivity contribution is 9.10. The molecule has 0 radical (unpaired) electrons. The van der Waals surface area contributed by atoms with Crippen LogP contribution in [0.3, 0.4) is 0 Å². The molecule has 1 rings (SSSR count). The van der Waals surface area contributed by atoms with Gasteiger partial charge in [0.1, 0.15) is 10.7 Å². The van der Waals surface area contributed by atoms with Crippen LogP contribution in [0.15, 0.2) is 21.5 Å². The summed E-state index contributed by atoms with van der Waals surface area (Å²) in [6.45, 7) is 5.79. The van der Waals surface area contributed by atoms with Crippen LogP contribution >= 0.6 is 15.9 Å². The fraction of sp³-hybridized carbons (Fsp3) is 0.571.